The maximum atomic E-state index is 13.7. The van der Waals surface area contributed by atoms with Gasteiger partial charge in [0.25, 0.3) is 0 Å². The number of ether oxygens (including phenoxy) is 1. The van der Waals surface area contributed by atoms with Crippen LogP contribution in [0.25, 0.3) is 16.5 Å². The quantitative estimate of drug-likeness (QED) is 0.332. The summed E-state index contributed by atoms with van der Waals surface area (Å²) in [5.74, 6) is 0.252. The SMILES string of the molecule is O=c1c(OC2CCCC2)c(N2CCN(S(=O)(=O)c3cccc4ccccc34)CC2)cnn1-c1cccc(Cl)c1. The van der Waals surface area contributed by atoms with Gasteiger partial charge in [0, 0.05) is 36.6 Å². The second kappa shape index (κ2) is 10.6. The van der Waals surface area contributed by atoms with Crippen LogP contribution in [0.3, 0.4) is 0 Å². The van der Waals surface area contributed by atoms with Gasteiger partial charge in [-0.1, -0.05) is 54.1 Å². The lowest BCUT2D eigenvalue weighted by atomic mass is 10.1. The molecule has 2 heterocycles. The van der Waals surface area contributed by atoms with Crippen molar-refractivity contribution in [3.63, 3.8) is 0 Å². The van der Waals surface area contributed by atoms with E-state index in [1.54, 1.807) is 42.6 Å². The number of piperazine rings is 1. The number of hydrogen-bond acceptors (Lipinski definition) is 6. The Bertz CT molecular complexity index is 1670. The van der Waals surface area contributed by atoms with E-state index in [1.165, 1.54) is 8.99 Å². The minimum absolute atomic E-state index is 0.0281. The molecule has 1 saturated carbocycles. The molecular weight excluding hydrogens is 536 g/mol. The summed E-state index contributed by atoms with van der Waals surface area (Å²) in [6.07, 6.45) is 5.54. The van der Waals surface area contributed by atoms with Crippen molar-refractivity contribution in [3.8, 4) is 11.4 Å². The molecule has 0 bridgehead atoms. The molecule has 1 aliphatic carbocycles. The Hall–Kier alpha value is -3.40. The molecule has 6 rings (SSSR count). The highest BCUT2D eigenvalue weighted by atomic mass is 35.5. The third-order valence-corrected chi connectivity index (χ3v) is 9.69. The van der Waals surface area contributed by atoms with E-state index in [2.05, 4.69) is 5.10 Å². The Morgan fingerprint density at radius 1 is 0.897 bits per heavy atom. The summed E-state index contributed by atoms with van der Waals surface area (Å²) in [6, 6.07) is 19.8. The zero-order valence-corrected chi connectivity index (χ0v) is 22.9. The van der Waals surface area contributed by atoms with Gasteiger partial charge in [-0.3, -0.25) is 4.79 Å². The van der Waals surface area contributed by atoms with Crippen LogP contribution in [0.5, 0.6) is 5.75 Å². The van der Waals surface area contributed by atoms with Crippen molar-refractivity contribution in [2.24, 2.45) is 0 Å². The van der Waals surface area contributed by atoms with E-state index in [1.807, 2.05) is 35.2 Å². The molecule has 3 aromatic carbocycles. The van der Waals surface area contributed by atoms with Gasteiger partial charge >= 0.3 is 5.56 Å². The van der Waals surface area contributed by atoms with Crippen molar-refractivity contribution in [1.29, 1.82) is 0 Å². The van der Waals surface area contributed by atoms with Crippen LogP contribution in [-0.4, -0.2) is 54.8 Å². The van der Waals surface area contributed by atoms with E-state index in [4.69, 9.17) is 16.3 Å². The number of anilines is 1. The lowest BCUT2D eigenvalue weighted by Gasteiger charge is -2.36. The predicted molar refractivity (Wildman–Crippen MR) is 153 cm³/mol. The van der Waals surface area contributed by atoms with Gasteiger partial charge < -0.3 is 9.64 Å². The van der Waals surface area contributed by atoms with Crippen LogP contribution in [0, 0.1) is 0 Å². The molecule has 2 fully saturated rings. The summed E-state index contributed by atoms with van der Waals surface area (Å²) in [5.41, 5.74) is 0.793. The first kappa shape index (κ1) is 25.9. The molecule has 0 N–H and O–H groups in total. The summed E-state index contributed by atoms with van der Waals surface area (Å²) in [5, 5.41) is 6.55. The molecular formula is C29H29ClN4O4S. The number of nitrogens with zero attached hydrogens (tertiary/aromatic N) is 4. The molecule has 0 atom stereocenters. The van der Waals surface area contributed by atoms with Crippen LogP contribution in [0.15, 0.2) is 82.6 Å². The van der Waals surface area contributed by atoms with E-state index >= 15 is 0 Å². The minimum atomic E-state index is -3.70. The summed E-state index contributed by atoms with van der Waals surface area (Å²) in [7, 11) is -3.70. The van der Waals surface area contributed by atoms with Crippen molar-refractivity contribution >= 4 is 38.1 Å². The summed E-state index contributed by atoms with van der Waals surface area (Å²) in [4.78, 5) is 16.0. The van der Waals surface area contributed by atoms with E-state index in [9.17, 15) is 13.2 Å². The highest BCUT2D eigenvalue weighted by Gasteiger charge is 2.32. The van der Waals surface area contributed by atoms with Crippen LogP contribution in [0.1, 0.15) is 25.7 Å². The summed E-state index contributed by atoms with van der Waals surface area (Å²) in [6.45, 7) is 1.39. The topological polar surface area (TPSA) is 84.7 Å². The number of rotatable bonds is 6. The molecule has 1 aromatic heterocycles. The zero-order chi connectivity index (χ0) is 27.0. The average Bonchev–Trinajstić information content (AvgIpc) is 3.47. The fraction of sp³-hybridized carbons (Fsp3) is 0.310. The highest BCUT2D eigenvalue weighted by Crippen LogP contribution is 2.32. The van der Waals surface area contributed by atoms with Crippen LogP contribution < -0.4 is 15.2 Å². The van der Waals surface area contributed by atoms with Gasteiger partial charge in [0.15, 0.2) is 0 Å². The molecule has 0 unspecified atom stereocenters. The van der Waals surface area contributed by atoms with Gasteiger partial charge in [0.2, 0.25) is 15.8 Å². The molecule has 10 heteroatoms. The van der Waals surface area contributed by atoms with E-state index in [-0.39, 0.29) is 30.5 Å². The van der Waals surface area contributed by atoms with Gasteiger partial charge in [0.05, 0.1) is 22.9 Å². The number of halogens is 1. The Labute approximate surface area is 232 Å². The van der Waals surface area contributed by atoms with Gasteiger partial charge in [0.1, 0.15) is 5.69 Å². The van der Waals surface area contributed by atoms with Crippen molar-refractivity contribution in [1.82, 2.24) is 14.1 Å². The Morgan fingerprint density at radius 2 is 1.62 bits per heavy atom. The molecule has 1 aliphatic heterocycles. The number of hydrogen-bond donors (Lipinski definition) is 0. The van der Waals surface area contributed by atoms with Crippen molar-refractivity contribution in [3.05, 3.63) is 88.3 Å². The average molecular weight is 565 g/mol. The monoisotopic (exact) mass is 564 g/mol. The van der Waals surface area contributed by atoms with Gasteiger partial charge in [-0.05, 0) is 55.3 Å². The molecule has 8 nitrogen and oxygen atoms in total. The third kappa shape index (κ3) is 5.02. The van der Waals surface area contributed by atoms with E-state index < -0.39 is 10.0 Å². The molecule has 2 aliphatic rings. The minimum Gasteiger partial charge on any atom is -0.483 e. The van der Waals surface area contributed by atoms with Crippen LogP contribution in [0.2, 0.25) is 5.02 Å². The van der Waals surface area contributed by atoms with Gasteiger partial charge in [-0.25, -0.2) is 8.42 Å². The van der Waals surface area contributed by atoms with E-state index in [0.717, 1.165) is 31.1 Å². The lowest BCUT2D eigenvalue weighted by Crippen LogP contribution is -2.49. The number of sulfonamides is 1. The molecule has 1 saturated heterocycles. The molecule has 4 aromatic rings. The Balaban J connectivity index is 1.29. The second-order valence-electron chi connectivity index (χ2n) is 9.95. The van der Waals surface area contributed by atoms with Gasteiger partial charge in [-0.2, -0.15) is 14.1 Å². The first-order valence-electron chi connectivity index (χ1n) is 13.2. The van der Waals surface area contributed by atoms with Crippen molar-refractivity contribution in [2.75, 3.05) is 31.1 Å². The summed E-state index contributed by atoms with van der Waals surface area (Å²) >= 11 is 6.17. The highest BCUT2D eigenvalue weighted by molar-refractivity contribution is 7.89. The molecule has 0 radical (unpaired) electrons. The molecule has 0 amide bonds. The standard InChI is InChI=1S/C29H29ClN4O4S/c30-22-9-6-10-23(19-22)34-29(35)28(38-24-11-2-3-12-24)26(20-31-34)32-15-17-33(18-16-32)39(36,37)27-14-5-8-21-7-1-4-13-25(21)27/h1,4-10,13-14,19-20,24H,2-3,11-12,15-18H2. The van der Waals surface area contributed by atoms with Crippen molar-refractivity contribution < 1.29 is 13.2 Å². The Morgan fingerprint density at radius 3 is 2.38 bits per heavy atom. The van der Waals surface area contributed by atoms with E-state index in [0.29, 0.717) is 39.8 Å². The van der Waals surface area contributed by atoms with Crippen LogP contribution >= 0.6 is 11.6 Å². The molecule has 0 spiro atoms. The fourth-order valence-corrected chi connectivity index (χ4v) is 7.28. The largest absolute Gasteiger partial charge is 0.483 e. The van der Waals surface area contributed by atoms with Gasteiger partial charge in [-0.15, -0.1) is 0 Å². The number of benzene rings is 3. The first-order chi connectivity index (χ1) is 18.9. The molecule has 39 heavy (non-hydrogen) atoms. The fourth-order valence-electron chi connectivity index (χ4n) is 5.46. The van der Waals surface area contributed by atoms with Crippen LogP contribution in [0.4, 0.5) is 5.69 Å². The maximum absolute atomic E-state index is 13.7. The maximum Gasteiger partial charge on any atom is 0.316 e. The summed E-state index contributed by atoms with van der Waals surface area (Å²) < 4.78 is 36.4. The second-order valence-corrected chi connectivity index (χ2v) is 12.3. The predicted octanol–water partition coefficient (Wildman–Crippen LogP) is 4.87. The first-order valence-corrected chi connectivity index (χ1v) is 15.0. The lowest BCUT2D eigenvalue weighted by molar-refractivity contribution is 0.205. The molecule has 202 valence electrons. The zero-order valence-electron chi connectivity index (χ0n) is 21.4. The Kier molecular flexibility index (Phi) is 7.05. The number of fused-ring (bicyclic) bond motifs is 1. The van der Waals surface area contributed by atoms with Crippen LogP contribution in [-0.2, 0) is 10.0 Å². The third-order valence-electron chi connectivity index (χ3n) is 7.50. The van der Waals surface area contributed by atoms with Crippen molar-refractivity contribution in [2.45, 2.75) is 36.7 Å². The smallest absolute Gasteiger partial charge is 0.316 e. The number of aromatic nitrogens is 2. The normalized spacial score (nSPS) is 17.1.